The molecule has 5 nitrogen and oxygen atoms in total. The normalized spacial score (nSPS) is 27.3. The molecule has 0 saturated heterocycles. The summed E-state index contributed by atoms with van der Waals surface area (Å²) in [6.45, 7) is 2.43. The molecule has 142 valence electrons. The third-order valence-electron chi connectivity index (χ3n) is 5.68. The Morgan fingerprint density at radius 2 is 2.15 bits per heavy atom. The van der Waals surface area contributed by atoms with E-state index in [4.69, 9.17) is 0 Å². The largest absolute Gasteiger partial charge is 0.416 e. The number of fused-ring (bicyclic) bond motifs is 1. The number of likely N-dealkylation sites (N-methyl/N-ethyl adjacent to an activating group) is 1. The van der Waals surface area contributed by atoms with E-state index in [-0.39, 0.29) is 5.91 Å². The first-order chi connectivity index (χ1) is 12.8. The van der Waals surface area contributed by atoms with Crippen LogP contribution in [0.2, 0.25) is 0 Å². The van der Waals surface area contributed by atoms with E-state index in [1.54, 1.807) is 24.2 Å². The highest BCUT2D eigenvalue weighted by Crippen LogP contribution is 2.51. The predicted octanol–water partition coefficient (Wildman–Crippen LogP) is 3.75. The summed E-state index contributed by atoms with van der Waals surface area (Å²) in [6, 6.07) is 5.26. The fourth-order valence-electron chi connectivity index (χ4n) is 4.32. The van der Waals surface area contributed by atoms with Gasteiger partial charge in [0.25, 0.3) is 5.91 Å². The first-order valence-electron chi connectivity index (χ1n) is 8.83. The molecule has 0 fully saturated rings. The molecular weight excluding hydrogens is 357 g/mol. The van der Waals surface area contributed by atoms with Gasteiger partial charge >= 0.3 is 6.18 Å². The summed E-state index contributed by atoms with van der Waals surface area (Å²) in [5.41, 5.74) is 0.706. The van der Waals surface area contributed by atoms with Crippen LogP contribution in [0.1, 0.15) is 30.9 Å². The highest BCUT2D eigenvalue weighted by Gasteiger charge is 2.52. The van der Waals surface area contributed by atoms with Gasteiger partial charge in [-0.15, -0.1) is 0 Å². The van der Waals surface area contributed by atoms with E-state index in [0.717, 1.165) is 17.8 Å². The molecule has 3 heterocycles. The Morgan fingerprint density at radius 3 is 2.85 bits per heavy atom. The molecule has 27 heavy (non-hydrogen) atoms. The van der Waals surface area contributed by atoms with Gasteiger partial charge < -0.3 is 10.2 Å². The van der Waals surface area contributed by atoms with Gasteiger partial charge in [0, 0.05) is 31.3 Å². The number of carbonyl (C=O) groups is 1. The van der Waals surface area contributed by atoms with Gasteiger partial charge in [0.15, 0.2) is 6.17 Å². The minimum absolute atomic E-state index is 0.172. The number of nitrogens with one attached hydrogen (secondary N) is 1. The van der Waals surface area contributed by atoms with Gasteiger partial charge in [-0.1, -0.05) is 25.1 Å². The van der Waals surface area contributed by atoms with E-state index in [0.29, 0.717) is 36.1 Å². The molecule has 1 aromatic rings. The Kier molecular flexibility index (Phi) is 3.90. The van der Waals surface area contributed by atoms with Crippen LogP contribution in [0.25, 0.3) is 0 Å². The zero-order valence-electron chi connectivity index (χ0n) is 15.0. The van der Waals surface area contributed by atoms with E-state index in [9.17, 15) is 18.0 Å². The van der Waals surface area contributed by atoms with Gasteiger partial charge in [-0.25, -0.2) is 0 Å². The zero-order valence-corrected chi connectivity index (χ0v) is 15.0. The number of nitrogens with zero attached hydrogens (tertiary/aromatic N) is 3. The molecule has 8 heteroatoms. The van der Waals surface area contributed by atoms with E-state index < -0.39 is 23.3 Å². The number of carbonyl (C=O) groups excluding carboxylic acids is 1. The molecule has 0 radical (unpaired) electrons. The molecule has 1 aromatic carbocycles. The first-order valence-corrected chi connectivity index (χ1v) is 8.83. The topological polar surface area (TPSA) is 57.1 Å². The number of halogens is 3. The fraction of sp³-hybridized carbons (Fsp3) is 0.421. The van der Waals surface area contributed by atoms with Crippen molar-refractivity contribution >= 4 is 5.91 Å². The number of benzene rings is 1. The molecule has 3 aliphatic rings. The predicted molar refractivity (Wildman–Crippen MR) is 92.6 cm³/mol. The summed E-state index contributed by atoms with van der Waals surface area (Å²) in [5, 5.41) is 11.4. The van der Waals surface area contributed by atoms with Gasteiger partial charge in [-0.05, 0) is 18.1 Å². The molecule has 1 unspecified atom stereocenters. The highest BCUT2D eigenvalue weighted by atomic mass is 19.4. The lowest BCUT2D eigenvalue weighted by Crippen LogP contribution is -2.53. The average Bonchev–Trinajstić information content (AvgIpc) is 3.11. The number of azo groups is 1. The Bertz CT molecular complexity index is 902. The summed E-state index contributed by atoms with van der Waals surface area (Å²) in [5.74, 6) is -0.172. The van der Waals surface area contributed by atoms with Crippen LogP contribution in [0.4, 0.5) is 13.2 Å². The van der Waals surface area contributed by atoms with Crippen molar-refractivity contribution in [1.82, 2.24) is 10.2 Å². The Morgan fingerprint density at radius 1 is 1.37 bits per heavy atom. The standard InChI is InChI=1S/C19H19F3N4O/c1-3-18(11-5-4-6-12(9-11)19(20,21)22)13-10-23-25-16(13)24-14-7-8-26(2)17(27)15(14)18/h4-6,9-10,16,24H,3,7-8H2,1-2H3/t16?,18-/m1/s1. The molecule has 2 atom stereocenters. The Hall–Kier alpha value is -2.64. The SMILES string of the molecule is CC[C@@]1(c2cccc(C(F)(F)F)c2)C2=CN=NC2NC2=C1C(=O)N(C)CC2. The zero-order chi connectivity index (χ0) is 19.4. The molecule has 0 bridgehead atoms. The van der Waals surface area contributed by atoms with Crippen LogP contribution >= 0.6 is 0 Å². The summed E-state index contributed by atoms with van der Waals surface area (Å²) in [7, 11) is 1.71. The molecule has 1 amide bonds. The summed E-state index contributed by atoms with van der Waals surface area (Å²) in [4.78, 5) is 14.7. The van der Waals surface area contributed by atoms with Crippen LogP contribution in [0.3, 0.4) is 0 Å². The van der Waals surface area contributed by atoms with E-state index in [1.807, 2.05) is 6.92 Å². The lowest BCUT2D eigenvalue weighted by atomic mass is 9.62. The smallest absolute Gasteiger partial charge is 0.362 e. The van der Waals surface area contributed by atoms with Crippen molar-refractivity contribution in [1.29, 1.82) is 0 Å². The van der Waals surface area contributed by atoms with Crippen molar-refractivity contribution in [2.45, 2.75) is 37.5 Å². The van der Waals surface area contributed by atoms with Crippen LogP contribution in [0.15, 0.2) is 57.5 Å². The maximum absolute atomic E-state index is 13.4. The van der Waals surface area contributed by atoms with E-state index >= 15 is 0 Å². The van der Waals surface area contributed by atoms with Crippen molar-refractivity contribution in [3.63, 3.8) is 0 Å². The van der Waals surface area contributed by atoms with Crippen molar-refractivity contribution in [2.24, 2.45) is 10.2 Å². The second-order valence-corrected chi connectivity index (χ2v) is 7.03. The molecule has 0 spiro atoms. The van der Waals surface area contributed by atoms with Crippen LogP contribution in [0.5, 0.6) is 0 Å². The molecule has 3 aliphatic heterocycles. The van der Waals surface area contributed by atoms with Crippen molar-refractivity contribution in [3.05, 3.63) is 58.4 Å². The van der Waals surface area contributed by atoms with Crippen molar-refractivity contribution in [2.75, 3.05) is 13.6 Å². The molecular formula is C19H19F3N4O. The quantitative estimate of drug-likeness (QED) is 0.855. The van der Waals surface area contributed by atoms with E-state index in [2.05, 4.69) is 15.5 Å². The van der Waals surface area contributed by atoms with Crippen molar-refractivity contribution < 1.29 is 18.0 Å². The van der Waals surface area contributed by atoms with E-state index in [1.165, 1.54) is 6.07 Å². The lowest BCUT2D eigenvalue weighted by molar-refractivity contribution is -0.137. The highest BCUT2D eigenvalue weighted by molar-refractivity contribution is 5.99. The van der Waals surface area contributed by atoms with Gasteiger partial charge in [0.2, 0.25) is 0 Å². The summed E-state index contributed by atoms with van der Waals surface area (Å²) < 4.78 is 40.1. The number of hydrogen-bond donors (Lipinski definition) is 1. The second-order valence-electron chi connectivity index (χ2n) is 7.03. The Labute approximate surface area is 154 Å². The van der Waals surface area contributed by atoms with Gasteiger partial charge in [-0.3, -0.25) is 4.79 Å². The Balaban J connectivity index is 1.99. The van der Waals surface area contributed by atoms with Gasteiger partial charge in [-0.2, -0.15) is 23.4 Å². The fourth-order valence-corrected chi connectivity index (χ4v) is 4.32. The van der Waals surface area contributed by atoms with Crippen LogP contribution in [-0.4, -0.2) is 30.6 Å². The monoisotopic (exact) mass is 376 g/mol. The van der Waals surface area contributed by atoms with Gasteiger partial charge in [0.05, 0.1) is 22.8 Å². The number of hydrogen-bond acceptors (Lipinski definition) is 4. The number of rotatable bonds is 2. The second kappa shape index (κ2) is 5.94. The summed E-state index contributed by atoms with van der Waals surface area (Å²) >= 11 is 0. The van der Waals surface area contributed by atoms with Crippen LogP contribution in [-0.2, 0) is 16.4 Å². The molecule has 0 aromatic heterocycles. The minimum Gasteiger partial charge on any atom is -0.362 e. The summed E-state index contributed by atoms with van der Waals surface area (Å²) in [6.07, 6.45) is -2.29. The third-order valence-corrected chi connectivity index (χ3v) is 5.68. The number of amides is 1. The molecule has 4 rings (SSSR count). The average molecular weight is 376 g/mol. The van der Waals surface area contributed by atoms with Crippen LogP contribution < -0.4 is 5.32 Å². The first kappa shape index (κ1) is 17.8. The van der Waals surface area contributed by atoms with Crippen LogP contribution in [0, 0.1) is 0 Å². The molecule has 0 saturated carbocycles. The lowest BCUT2D eigenvalue weighted by Gasteiger charge is -2.46. The van der Waals surface area contributed by atoms with Crippen molar-refractivity contribution in [3.8, 4) is 0 Å². The number of alkyl halides is 3. The van der Waals surface area contributed by atoms with Gasteiger partial charge in [0.1, 0.15) is 0 Å². The maximum Gasteiger partial charge on any atom is 0.416 e. The third kappa shape index (κ3) is 2.49. The minimum atomic E-state index is -4.46. The maximum atomic E-state index is 13.4. The molecule has 0 aliphatic carbocycles. The molecule has 1 N–H and O–H groups in total.